The van der Waals surface area contributed by atoms with Crippen LogP contribution in [0.25, 0.3) is 0 Å². The molecule has 0 bridgehead atoms. The van der Waals surface area contributed by atoms with Crippen molar-refractivity contribution in [2.45, 2.75) is 140 Å². The Morgan fingerprint density at radius 2 is 1.05 bits per heavy atom. The van der Waals surface area contributed by atoms with E-state index < -0.39 is 60.0 Å². The number of aryl methyl sites for hydroxylation is 4. The van der Waals surface area contributed by atoms with Gasteiger partial charge in [0.2, 0.25) is 20.0 Å². The first-order valence-electron chi connectivity index (χ1n) is 20.7. The monoisotopic (exact) mass is 870 g/mol. The Balaban J connectivity index is 0.000000168. The second kappa shape index (κ2) is 17.4. The first-order chi connectivity index (χ1) is 28.0. The highest BCUT2D eigenvalue weighted by atomic mass is 32.2. The van der Waals surface area contributed by atoms with Crippen LogP contribution >= 0.6 is 0 Å². The van der Waals surface area contributed by atoms with E-state index in [0.717, 1.165) is 86.8 Å². The summed E-state index contributed by atoms with van der Waals surface area (Å²) in [6.45, 7) is 10.8. The Morgan fingerprint density at radius 1 is 0.667 bits per heavy atom. The molecule has 8 rings (SSSR count). The van der Waals surface area contributed by atoms with Crippen molar-refractivity contribution in [1.82, 2.24) is 14.5 Å². The van der Waals surface area contributed by atoms with Crippen molar-refractivity contribution in [2.75, 3.05) is 31.5 Å². The molecule has 0 unspecified atom stereocenters. The van der Waals surface area contributed by atoms with Gasteiger partial charge in [-0.3, -0.25) is 0 Å². The first-order valence-corrected chi connectivity index (χ1v) is 23.9. The topological polar surface area (TPSA) is 228 Å². The standard InChI is InChI=1S/C21H29N3O5S.C13H13NO.C8H16N2O4S/c1-21(2,3)29-20(26)24-11-15(12-24)30(27,28)23-19(25)22-18-16-8-4-6-13(16)10-14-7-5-9-17(14)18;14-8-15-13-11-5-1-3-9(11)7-10-4-2-6-12(10)13;1-8(2,3)14-7(11)10-4-6(5-10)15(9,12)13/h10,15H,4-9,11-12H2,1-3H3,(H2,22,23,25);7H,1-6H2;6H,4-5H2,1-3H3,(H2,9,12,13). The van der Waals surface area contributed by atoms with E-state index in [1.807, 2.05) is 6.26 Å². The predicted octanol–water partition coefficient (Wildman–Crippen LogP) is 5.15. The molecule has 2 fully saturated rings. The van der Waals surface area contributed by atoms with Crippen LogP contribution in [0.4, 0.5) is 20.1 Å². The Morgan fingerprint density at radius 3 is 1.43 bits per heavy atom. The van der Waals surface area contributed by atoms with E-state index in [-0.39, 0.29) is 26.2 Å². The maximum atomic E-state index is 12.6. The second-order valence-corrected chi connectivity index (χ2v) is 22.1. The summed E-state index contributed by atoms with van der Waals surface area (Å²) in [6.07, 6.45) is 13.6. The van der Waals surface area contributed by atoms with E-state index in [9.17, 15) is 31.2 Å². The highest BCUT2D eigenvalue weighted by Gasteiger charge is 2.43. The molecule has 4 N–H and O–H groups in total. The van der Waals surface area contributed by atoms with Crippen LogP contribution in [0.3, 0.4) is 0 Å². The fraction of sp³-hybridized carbons (Fsp3) is 0.619. The number of amides is 4. The maximum absolute atomic E-state index is 12.6. The van der Waals surface area contributed by atoms with Crippen LogP contribution in [0.2, 0.25) is 0 Å². The summed E-state index contributed by atoms with van der Waals surface area (Å²) in [7, 11) is -7.42. The zero-order valence-corrected chi connectivity index (χ0v) is 37.1. The molecule has 6 aliphatic rings. The highest BCUT2D eigenvalue weighted by molar-refractivity contribution is 7.90. The summed E-state index contributed by atoms with van der Waals surface area (Å²) in [6, 6.07) is 3.86. The lowest BCUT2D eigenvalue weighted by Gasteiger charge is -2.38. The third kappa shape index (κ3) is 10.6. The van der Waals surface area contributed by atoms with Crippen LogP contribution in [-0.2, 0) is 80.9 Å². The average Bonchev–Trinajstić information content (AvgIpc) is 3.88. The van der Waals surface area contributed by atoms with Gasteiger partial charge in [-0.05, 0) is 163 Å². The summed E-state index contributed by atoms with van der Waals surface area (Å²) in [5.41, 5.74) is 9.84. The van der Waals surface area contributed by atoms with Gasteiger partial charge in [-0.2, -0.15) is 0 Å². The van der Waals surface area contributed by atoms with Gasteiger partial charge in [0.1, 0.15) is 27.5 Å². The van der Waals surface area contributed by atoms with Gasteiger partial charge in [0.05, 0.1) is 0 Å². The van der Waals surface area contributed by atoms with E-state index in [2.05, 4.69) is 22.2 Å². The van der Waals surface area contributed by atoms with Crippen LogP contribution in [0.1, 0.15) is 112 Å². The van der Waals surface area contributed by atoms with Crippen molar-refractivity contribution in [3.05, 3.63) is 56.6 Å². The molecule has 0 atom stereocenters. The number of anilines is 1. The second-order valence-electron chi connectivity index (χ2n) is 18.3. The van der Waals surface area contributed by atoms with Gasteiger partial charge in [-0.25, -0.2) is 41.1 Å². The molecule has 16 nitrogen and oxygen atoms in total. The summed E-state index contributed by atoms with van der Waals surface area (Å²) in [5.74, 6) is 0.903. The van der Waals surface area contributed by atoms with Gasteiger partial charge < -0.3 is 29.3 Å². The van der Waals surface area contributed by atoms with E-state index in [4.69, 9.17) is 24.6 Å². The Hall–Kier alpha value is -4.60. The number of fused-ring (bicyclic) bond motifs is 4. The van der Waals surface area contributed by atoms with Crippen molar-refractivity contribution in [3.63, 3.8) is 0 Å². The molecule has 4 amide bonds. The molecule has 2 saturated heterocycles. The van der Waals surface area contributed by atoms with Crippen molar-refractivity contribution < 1.29 is 45.4 Å². The number of likely N-dealkylation sites (tertiary alicyclic amines) is 2. The van der Waals surface area contributed by atoms with E-state index >= 15 is 0 Å². The van der Waals surface area contributed by atoms with E-state index in [1.165, 1.54) is 56.0 Å². The Labute approximate surface area is 353 Å². The third-order valence-electron chi connectivity index (χ3n) is 11.4. The minimum absolute atomic E-state index is 0.00760. The molecule has 0 aromatic heterocycles. The average molecular weight is 871 g/mol. The zero-order valence-electron chi connectivity index (χ0n) is 35.4. The number of nitrogens with zero attached hydrogens (tertiary/aromatic N) is 3. The molecule has 2 aromatic rings. The van der Waals surface area contributed by atoms with Crippen LogP contribution in [0, 0.1) is 11.5 Å². The largest absolute Gasteiger partial charge is 0.444 e. The number of rotatable bonds is 5. The lowest BCUT2D eigenvalue weighted by Crippen LogP contribution is -2.60. The molecular formula is C42H58N6O10S2. The van der Waals surface area contributed by atoms with Crippen LogP contribution in [-0.4, -0.2) is 92.7 Å². The van der Waals surface area contributed by atoms with Gasteiger partial charge in [0.25, 0.3) is 6.26 Å². The van der Waals surface area contributed by atoms with E-state index in [1.54, 1.807) is 41.5 Å². The fourth-order valence-electron chi connectivity index (χ4n) is 8.48. The lowest BCUT2D eigenvalue weighted by atomic mass is 9.99. The van der Waals surface area contributed by atoms with Crippen LogP contribution in [0.5, 0.6) is 5.75 Å². The number of carbonyl (C=O) groups excluding carboxylic acids is 3. The number of nitrogens with two attached hydrogens (primary N) is 1. The fourth-order valence-corrected chi connectivity index (χ4v) is 10.5. The predicted molar refractivity (Wildman–Crippen MR) is 225 cm³/mol. The number of benzene rings is 2. The van der Waals surface area contributed by atoms with Crippen molar-refractivity contribution in [1.29, 1.82) is 5.26 Å². The van der Waals surface area contributed by atoms with Crippen molar-refractivity contribution >= 4 is 44.0 Å². The number of hydrogen-bond acceptors (Lipinski definition) is 11. The molecule has 18 heteroatoms. The molecule has 2 aliphatic heterocycles. The number of ether oxygens (including phenoxy) is 3. The molecule has 328 valence electrons. The first kappa shape index (κ1) is 44.9. The Bertz CT molecular complexity index is 2220. The summed E-state index contributed by atoms with van der Waals surface area (Å²) < 4.78 is 64.5. The summed E-state index contributed by atoms with van der Waals surface area (Å²) >= 11 is 0. The Kier molecular flexibility index (Phi) is 13.0. The third-order valence-corrected chi connectivity index (χ3v) is 14.3. The molecule has 0 radical (unpaired) electrons. The molecule has 60 heavy (non-hydrogen) atoms. The van der Waals surface area contributed by atoms with E-state index in [0.29, 0.717) is 0 Å². The number of sulfonamides is 2. The van der Waals surface area contributed by atoms with Crippen molar-refractivity contribution in [2.24, 2.45) is 5.14 Å². The summed E-state index contributed by atoms with van der Waals surface area (Å²) in [4.78, 5) is 38.6. The number of urea groups is 1. The lowest BCUT2D eigenvalue weighted by molar-refractivity contribution is 0.0128. The highest BCUT2D eigenvalue weighted by Crippen LogP contribution is 2.41. The quantitative estimate of drug-likeness (QED) is 0.333. The molecule has 2 aromatic carbocycles. The van der Waals surface area contributed by atoms with Gasteiger partial charge >= 0.3 is 18.2 Å². The summed E-state index contributed by atoms with van der Waals surface area (Å²) in [5, 5.41) is 15.0. The van der Waals surface area contributed by atoms with Gasteiger partial charge in [0, 0.05) is 31.9 Å². The number of primary sulfonamides is 1. The molecule has 0 saturated carbocycles. The minimum Gasteiger partial charge on any atom is -0.444 e. The minimum atomic E-state index is -3.89. The number of nitrogens with one attached hydrogen (secondary N) is 2. The molecule has 2 heterocycles. The van der Waals surface area contributed by atoms with Crippen molar-refractivity contribution in [3.8, 4) is 12.0 Å². The molecular weight excluding hydrogens is 813 g/mol. The molecule has 0 spiro atoms. The zero-order chi connectivity index (χ0) is 43.8. The van der Waals surface area contributed by atoms with Gasteiger partial charge in [-0.1, -0.05) is 12.1 Å². The number of hydrogen-bond donors (Lipinski definition) is 3. The van der Waals surface area contributed by atoms with Gasteiger partial charge in [0.15, 0.2) is 0 Å². The van der Waals surface area contributed by atoms with Crippen LogP contribution < -0.4 is 19.9 Å². The smallest absolute Gasteiger partial charge is 0.410 e. The SMILES string of the molecule is CC(C)(C)OC(=O)N1CC(S(=O)(=O)NC(=O)Nc2c3c(cc4c2CCC4)CCC3)C1.CC(C)(C)OC(=O)N1CC(S(N)(=O)=O)C1.N#COc1c2c(cc3c1CCC3)CCC2. The molecule has 4 aliphatic carbocycles. The van der Waals surface area contributed by atoms with Crippen LogP contribution in [0.15, 0.2) is 12.1 Å². The normalized spacial score (nSPS) is 18.1. The number of carbonyl (C=O) groups is 3. The number of nitriles is 1. The van der Waals surface area contributed by atoms with Gasteiger partial charge in [-0.15, -0.1) is 5.26 Å². The maximum Gasteiger partial charge on any atom is 0.410 e.